The molecular weight excluding hydrogens is 323 g/mol. The Balaban J connectivity index is 0.00000242. The van der Waals surface area contributed by atoms with Gasteiger partial charge in [0, 0.05) is 17.5 Å². The van der Waals surface area contributed by atoms with Crippen molar-refractivity contribution < 1.29 is 4.79 Å². The molecule has 0 atom stereocenters. The first-order chi connectivity index (χ1) is 10.2. The van der Waals surface area contributed by atoms with Crippen molar-refractivity contribution in [1.82, 2.24) is 15.1 Å². The second-order valence-electron chi connectivity index (χ2n) is 4.76. The van der Waals surface area contributed by atoms with Crippen LogP contribution in [0.1, 0.15) is 18.4 Å². The first kappa shape index (κ1) is 18.5. The molecule has 1 heterocycles. The van der Waals surface area contributed by atoms with Crippen molar-refractivity contribution in [3.63, 3.8) is 0 Å². The smallest absolute Gasteiger partial charge is 0.225 e. The van der Waals surface area contributed by atoms with Crippen molar-refractivity contribution in [3.05, 3.63) is 47.1 Å². The molecule has 1 amide bonds. The topological polar surface area (TPSA) is 59.0 Å². The van der Waals surface area contributed by atoms with Gasteiger partial charge in [0.15, 0.2) is 0 Å². The van der Waals surface area contributed by atoms with E-state index in [0.717, 1.165) is 18.5 Å². The fourth-order valence-corrected chi connectivity index (χ4v) is 2.08. The van der Waals surface area contributed by atoms with Crippen molar-refractivity contribution in [2.45, 2.75) is 19.4 Å². The summed E-state index contributed by atoms with van der Waals surface area (Å²) in [5.41, 5.74) is 1.08. The van der Waals surface area contributed by atoms with Crippen molar-refractivity contribution >= 4 is 35.7 Å². The molecule has 0 fully saturated rings. The highest BCUT2D eigenvalue weighted by atomic mass is 35.5. The third kappa shape index (κ3) is 5.67. The van der Waals surface area contributed by atoms with Gasteiger partial charge in [0.25, 0.3) is 0 Å². The molecule has 0 aliphatic rings. The third-order valence-electron chi connectivity index (χ3n) is 3.06. The Kier molecular flexibility index (Phi) is 7.95. The Bertz CT molecular complexity index is 583. The minimum absolute atomic E-state index is 0. The fourth-order valence-electron chi connectivity index (χ4n) is 1.96. The van der Waals surface area contributed by atoms with Crippen molar-refractivity contribution in [3.8, 4) is 0 Å². The highest BCUT2D eigenvalue weighted by molar-refractivity contribution is 6.30. The molecule has 0 saturated heterocycles. The number of nitrogens with zero attached hydrogens (tertiary/aromatic N) is 2. The van der Waals surface area contributed by atoms with Crippen LogP contribution in [0.3, 0.4) is 0 Å². The van der Waals surface area contributed by atoms with E-state index >= 15 is 0 Å². The number of benzene rings is 1. The Morgan fingerprint density at radius 2 is 2.00 bits per heavy atom. The molecule has 2 rings (SSSR count). The predicted molar refractivity (Wildman–Crippen MR) is 91.8 cm³/mol. The molecule has 0 saturated carbocycles. The van der Waals surface area contributed by atoms with E-state index in [1.54, 1.807) is 16.9 Å². The van der Waals surface area contributed by atoms with Gasteiger partial charge in [0.1, 0.15) is 5.82 Å². The van der Waals surface area contributed by atoms with Crippen molar-refractivity contribution in [2.75, 3.05) is 18.9 Å². The molecule has 0 spiro atoms. The Hall–Kier alpha value is -1.56. The number of hydrogen-bond acceptors (Lipinski definition) is 3. The minimum Gasteiger partial charge on any atom is -0.320 e. The van der Waals surface area contributed by atoms with Gasteiger partial charge in [-0.1, -0.05) is 23.7 Å². The van der Waals surface area contributed by atoms with Crippen LogP contribution >= 0.6 is 24.0 Å². The summed E-state index contributed by atoms with van der Waals surface area (Å²) >= 11 is 5.87. The van der Waals surface area contributed by atoms with Gasteiger partial charge in [-0.2, -0.15) is 5.10 Å². The minimum atomic E-state index is 0. The molecule has 2 N–H and O–H groups in total. The molecule has 0 bridgehead atoms. The van der Waals surface area contributed by atoms with Gasteiger partial charge in [0.2, 0.25) is 5.91 Å². The number of nitrogens with one attached hydrogen (secondary N) is 2. The highest BCUT2D eigenvalue weighted by Crippen LogP contribution is 2.13. The van der Waals surface area contributed by atoms with Gasteiger partial charge >= 0.3 is 0 Å². The van der Waals surface area contributed by atoms with Crippen LogP contribution in [0, 0.1) is 0 Å². The Morgan fingerprint density at radius 3 is 2.68 bits per heavy atom. The van der Waals surface area contributed by atoms with E-state index in [2.05, 4.69) is 15.7 Å². The molecule has 0 aliphatic heterocycles. The largest absolute Gasteiger partial charge is 0.320 e. The molecular formula is C15H20Cl2N4O. The number of aromatic nitrogens is 2. The maximum Gasteiger partial charge on any atom is 0.225 e. The van der Waals surface area contributed by atoms with Crippen LogP contribution in [0.5, 0.6) is 0 Å². The van der Waals surface area contributed by atoms with Crippen molar-refractivity contribution in [2.24, 2.45) is 0 Å². The maximum atomic E-state index is 11.8. The Morgan fingerprint density at radius 1 is 1.27 bits per heavy atom. The third-order valence-corrected chi connectivity index (χ3v) is 3.31. The molecule has 1 aromatic heterocycles. The lowest BCUT2D eigenvalue weighted by Crippen LogP contribution is -2.17. The quantitative estimate of drug-likeness (QED) is 0.760. The van der Waals surface area contributed by atoms with Crippen LogP contribution in [0.4, 0.5) is 5.82 Å². The van der Waals surface area contributed by atoms with E-state index < -0.39 is 0 Å². The molecule has 5 nitrogen and oxygen atoms in total. The molecule has 0 aliphatic carbocycles. The average molecular weight is 343 g/mol. The van der Waals surface area contributed by atoms with E-state index in [9.17, 15) is 4.79 Å². The molecule has 1 aromatic carbocycles. The van der Waals surface area contributed by atoms with Gasteiger partial charge in [-0.3, -0.25) is 4.79 Å². The molecule has 7 heteroatoms. The number of carbonyl (C=O) groups is 1. The number of halogens is 2. The lowest BCUT2D eigenvalue weighted by molar-refractivity contribution is -0.116. The lowest BCUT2D eigenvalue weighted by Gasteiger charge is -2.09. The zero-order valence-electron chi connectivity index (χ0n) is 12.4. The fraction of sp³-hybridized carbons (Fsp3) is 0.333. The molecule has 22 heavy (non-hydrogen) atoms. The van der Waals surface area contributed by atoms with Crippen LogP contribution in [0.2, 0.25) is 5.02 Å². The number of amides is 1. The summed E-state index contributed by atoms with van der Waals surface area (Å²) in [6, 6.07) is 9.38. The first-order valence-corrected chi connectivity index (χ1v) is 7.27. The standard InChI is InChI=1S/C15H19ClN4O.ClH/c1-17-9-2-3-15(21)19-14-8-10-18-20(14)11-12-4-6-13(16)7-5-12;/h4-8,10,17H,2-3,9,11H2,1H3,(H,19,21);1H. The van der Waals surface area contributed by atoms with Crippen LogP contribution in [-0.4, -0.2) is 29.3 Å². The predicted octanol–water partition coefficient (Wildman–Crippen LogP) is 2.94. The summed E-state index contributed by atoms with van der Waals surface area (Å²) in [4.78, 5) is 11.8. The van der Waals surface area contributed by atoms with E-state index in [4.69, 9.17) is 11.6 Å². The highest BCUT2D eigenvalue weighted by Gasteiger charge is 2.07. The summed E-state index contributed by atoms with van der Waals surface area (Å²) in [5, 5.41) is 10.9. The van der Waals surface area contributed by atoms with E-state index in [-0.39, 0.29) is 18.3 Å². The zero-order valence-corrected chi connectivity index (χ0v) is 14.0. The number of hydrogen-bond donors (Lipinski definition) is 2. The summed E-state index contributed by atoms with van der Waals surface area (Å²) in [6.45, 7) is 1.42. The first-order valence-electron chi connectivity index (χ1n) is 6.90. The van der Waals surface area contributed by atoms with Crippen LogP contribution in [0.15, 0.2) is 36.5 Å². The molecule has 120 valence electrons. The van der Waals surface area contributed by atoms with Gasteiger partial charge in [0.05, 0.1) is 12.7 Å². The average Bonchev–Trinajstić information content (AvgIpc) is 2.89. The van der Waals surface area contributed by atoms with Gasteiger partial charge in [-0.15, -0.1) is 12.4 Å². The normalized spacial score (nSPS) is 10.1. The SMILES string of the molecule is CNCCCC(=O)Nc1ccnn1Cc1ccc(Cl)cc1.Cl. The van der Waals surface area contributed by atoms with Crippen LogP contribution in [-0.2, 0) is 11.3 Å². The monoisotopic (exact) mass is 342 g/mol. The Labute approximate surface area is 141 Å². The second kappa shape index (κ2) is 9.46. The van der Waals surface area contributed by atoms with Crippen LogP contribution < -0.4 is 10.6 Å². The summed E-state index contributed by atoms with van der Waals surface area (Å²) in [7, 11) is 1.87. The van der Waals surface area contributed by atoms with Gasteiger partial charge in [-0.05, 0) is 37.7 Å². The second-order valence-corrected chi connectivity index (χ2v) is 5.19. The van der Waals surface area contributed by atoms with E-state index in [1.165, 1.54) is 0 Å². The number of anilines is 1. The number of carbonyl (C=O) groups excluding carboxylic acids is 1. The van der Waals surface area contributed by atoms with E-state index in [1.807, 2.05) is 31.3 Å². The molecule has 0 unspecified atom stereocenters. The van der Waals surface area contributed by atoms with Crippen molar-refractivity contribution in [1.29, 1.82) is 0 Å². The maximum absolute atomic E-state index is 11.8. The molecule has 2 aromatic rings. The number of rotatable bonds is 7. The molecule has 0 radical (unpaired) electrons. The van der Waals surface area contributed by atoms with Gasteiger partial charge < -0.3 is 10.6 Å². The summed E-state index contributed by atoms with van der Waals surface area (Å²) < 4.78 is 1.76. The summed E-state index contributed by atoms with van der Waals surface area (Å²) in [5.74, 6) is 0.711. The van der Waals surface area contributed by atoms with Gasteiger partial charge in [-0.25, -0.2) is 4.68 Å². The lowest BCUT2D eigenvalue weighted by atomic mass is 10.2. The van der Waals surface area contributed by atoms with Crippen LogP contribution in [0.25, 0.3) is 0 Å². The summed E-state index contributed by atoms with van der Waals surface area (Å²) in [6.07, 6.45) is 2.99. The van der Waals surface area contributed by atoms with E-state index in [0.29, 0.717) is 23.8 Å². The zero-order chi connectivity index (χ0) is 15.1.